The largest absolute Gasteiger partial charge is 0.320 e. The maximum Gasteiger partial charge on any atom is 0.320 e. The number of hydrogen-bond donors (Lipinski definition) is 3. The first-order chi connectivity index (χ1) is 11.9. The summed E-state index contributed by atoms with van der Waals surface area (Å²) in [5.41, 5.74) is 3.92. The predicted molar refractivity (Wildman–Crippen MR) is 90.1 cm³/mol. The van der Waals surface area contributed by atoms with E-state index in [4.69, 9.17) is 4.84 Å². The molecule has 0 saturated heterocycles. The first-order valence-corrected chi connectivity index (χ1v) is 9.02. The number of aryl methyl sites for hydroxylation is 2. The van der Waals surface area contributed by atoms with Crippen LogP contribution in [0.4, 0.5) is 5.95 Å². The average molecular weight is 368 g/mol. The number of aromatic amines is 1. The van der Waals surface area contributed by atoms with Crippen LogP contribution >= 0.6 is 0 Å². The minimum Gasteiger partial charge on any atom is -0.292 e. The summed E-state index contributed by atoms with van der Waals surface area (Å²) in [4.78, 5) is 17.2. The van der Waals surface area contributed by atoms with E-state index in [1.807, 2.05) is 6.92 Å². The van der Waals surface area contributed by atoms with Crippen LogP contribution in [0.3, 0.4) is 0 Å². The van der Waals surface area contributed by atoms with Crippen LogP contribution in [0, 0.1) is 13.8 Å². The second kappa shape index (κ2) is 8.48. The summed E-state index contributed by atoms with van der Waals surface area (Å²) in [5, 5.41) is 8.09. The molecule has 2 aromatic heterocycles. The lowest BCUT2D eigenvalue weighted by Crippen LogP contribution is -2.33. The highest BCUT2D eigenvalue weighted by Crippen LogP contribution is 2.07. The molecular formula is C13H20N8O3S. The number of guanidine groups is 1. The number of nitrogens with zero attached hydrogens (tertiary/aromatic N) is 5. The topological polar surface area (TPSA) is 147 Å². The summed E-state index contributed by atoms with van der Waals surface area (Å²) < 4.78 is 28.1. The van der Waals surface area contributed by atoms with Crippen LogP contribution in [0.15, 0.2) is 21.9 Å². The minimum atomic E-state index is -4.10. The van der Waals surface area contributed by atoms with E-state index in [0.717, 1.165) is 30.6 Å². The van der Waals surface area contributed by atoms with E-state index >= 15 is 0 Å². The van der Waals surface area contributed by atoms with Crippen molar-refractivity contribution in [2.24, 2.45) is 4.40 Å². The molecule has 2 heterocycles. The number of H-pyrrole nitrogens is 1. The summed E-state index contributed by atoms with van der Waals surface area (Å²) in [6.07, 6.45) is 2.81. The molecule has 0 fully saturated rings. The highest BCUT2D eigenvalue weighted by Gasteiger charge is 2.18. The number of nitrogens with one attached hydrogen (secondary N) is 3. The molecule has 2 rings (SSSR count). The number of rotatable bonds is 7. The van der Waals surface area contributed by atoms with Gasteiger partial charge in [0.15, 0.2) is 0 Å². The van der Waals surface area contributed by atoms with Gasteiger partial charge >= 0.3 is 10.0 Å². The van der Waals surface area contributed by atoms with Crippen molar-refractivity contribution in [3.05, 3.63) is 23.8 Å². The highest BCUT2D eigenvalue weighted by molar-refractivity contribution is 7.90. The standard InChI is InChI=1S/C13H20N8O3S/c1-4-5-6-24-20-12(18-11-16-9(2)7-10(3)17-11)21-25(22,23)13-14-8-15-19-13/h7-8H,4-6H2,1-3H3,(H,14,15,19)(H2,16,17,18,20,21). The zero-order chi connectivity index (χ0) is 18.3. The van der Waals surface area contributed by atoms with Crippen molar-refractivity contribution in [2.75, 3.05) is 11.9 Å². The number of sulfonamides is 1. The van der Waals surface area contributed by atoms with Crippen molar-refractivity contribution in [1.29, 1.82) is 0 Å². The van der Waals surface area contributed by atoms with Crippen LogP contribution in [0.5, 0.6) is 0 Å². The van der Waals surface area contributed by atoms with E-state index in [-0.39, 0.29) is 17.1 Å². The Kier molecular flexibility index (Phi) is 6.36. The van der Waals surface area contributed by atoms with Gasteiger partial charge in [0.2, 0.25) is 11.9 Å². The smallest absolute Gasteiger partial charge is 0.292 e. The van der Waals surface area contributed by atoms with Crippen molar-refractivity contribution in [3.63, 3.8) is 0 Å². The van der Waals surface area contributed by atoms with Crippen LogP contribution in [0.25, 0.3) is 0 Å². The van der Waals surface area contributed by atoms with Gasteiger partial charge in [-0.05, 0) is 26.3 Å². The summed E-state index contributed by atoms with van der Waals surface area (Å²) in [7, 11) is -4.10. The molecule has 0 aromatic carbocycles. The molecule has 25 heavy (non-hydrogen) atoms. The molecule has 0 atom stereocenters. The fourth-order valence-electron chi connectivity index (χ4n) is 1.77. The third kappa shape index (κ3) is 5.76. The molecule has 0 radical (unpaired) electrons. The molecule has 0 aliphatic heterocycles. The summed E-state index contributed by atoms with van der Waals surface area (Å²) in [5.74, 6) is 0.00751. The molecule has 0 aliphatic rings. The monoisotopic (exact) mass is 368 g/mol. The zero-order valence-corrected chi connectivity index (χ0v) is 15.0. The third-order valence-corrected chi connectivity index (χ3v) is 3.94. The van der Waals surface area contributed by atoms with Crippen molar-refractivity contribution in [1.82, 2.24) is 30.6 Å². The van der Waals surface area contributed by atoms with E-state index in [2.05, 4.69) is 40.3 Å². The van der Waals surface area contributed by atoms with E-state index in [1.54, 1.807) is 19.9 Å². The Morgan fingerprint density at radius 2 is 2.04 bits per heavy atom. The van der Waals surface area contributed by atoms with Crippen molar-refractivity contribution in [2.45, 2.75) is 38.8 Å². The Morgan fingerprint density at radius 1 is 1.32 bits per heavy atom. The van der Waals surface area contributed by atoms with Gasteiger partial charge in [0.1, 0.15) is 6.33 Å². The van der Waals surface area contributed by atoms with Crippen molar-refractivity contribution >= 4 is 21.9 Å². The first kappa shape index (κ1) is 18.7. The molecule has 0 bridgehead atoms. The van der Waals surface area contributed by atoms with Gasteiger partial charge in [-0.1, -0.05) is 13.3 Å². The van der Waals surface area contributed by atoms with Crippen LogP contribution in [0.2, 0.25) is 0 Å². The Balaban J connectivity index is 2.24. The van der Waals surface area contributed by atoms with Gasteiger partial charge < -0.3 is 0 Å². The fourth-order valence-corrected chi connectivity index (χ4v) is 2.53. The summed E-state index contributed by atoms with van der Waals surface area (Å²) in [6.45, 7) is 5.99. The Labute approximate surface area is 145 Å². The quantitative estimate of drug-likeness (QED) is 0.278. The molecule has 3 N–H and O–H groups in total. The van der Waals surface area contributed by atoms with Gasteiger partial charge in [0, 0.05) is 11.4 Å². The number of hydrogen-bond acceptors (Lipinski definition) is 7. The van der Waals surface area contributed by atoms with Crippen molar-refractivity contribution < 1.29 is 13.3 Å². The molecule has 0 saturated carbocycles. The lowest BCUT2D eigenvalue weighted by molar-refractivity contribution is 0.0827. The third-order valence-electron chi connectivity index (χ3n) is 2.83. The number of aromatic nitrogens is 5. The van der Waals surface area contributed by atoms with Gasteiger partial charge in [0.05, 0.1) is 6.61 Å². The van der Waals surface area contributed by atoms with Gasteiger partial charge in [-0.3, -0.25) is 10.2 Å². The van der Waals surface area contributed by atoms with Crippen molar-refractivity contribution in [3.8, 4) is 0 Å². The number of anilines is 1. The first-order valence-electron chi connectivity index (χ1n) is 7.58. The average Bonchev–Trinajstić information content (AvgIpc) is 3.05. The van der Waals surface area contributed by atoms with Gasteiger partial charge in [-0.15, -0.1) is 4.40 Å². The van der Waals surface area contributed by atoms with Gasteiger partial charge in [0.25, 0.3) is 5.16 Å². The van der Waals surface area contributed by atoms with E-state index in [9.17, 15) is 8.42 Å². The van der Waals surface area contributed by atoms with Gasteiger partial charge in [-0.2, -0.15) is 13.5 Å². The van der Waals surface area contributed by atoms with Crippen LogP contribution in [-0.4, -0.2) is 46.1 Å². The minimum absolute atomic E-state index is 0.183. The van der Waals surface area contributed by atoms with Crippen LogP contribution in [0.1, 0.15) is 31.2 Å². The van der Waals surface area contributed by atoms with Crippen LogP contribution < -0.4 is 10.8 Å². The van der Waals surface area contributed by atoms with E-state index < -0.39 is 10.0 Å². The van der Waals surface area contributed by atoms with Crippen LogP contribution in [-0.2, 0) is 14.9 Å². The second-order valence-corrected chi connectivity index (χ2v) is 6.63. The second-order valence-electron chi connectivity index (χ2n) is 5.11. The predicted octanol–water partition coefficient (Wildman–Crippen LogP) is 0.690. The molecule has 12 heteroatoms. The van der Waals surface area contributed by atoms with E-state index in [1.165, 1.54) is 0 Å². The molecule has 0 spiro atoms. The maximum absolute atomic E-state index is 12.2. The number of unbranched alkanes of at least 4 members (excludes halogenated alkanes) is 1. The molecule has 11 nitrogen and oxygen atoms in total. The van der Waals surface area contributed by atoms with Gasteiger partial charge in [-0.25, -0.2) is 25.5 Å². The normalized spacial score (nSPS) is 12.2. The summed E-state index contributed by atoms with van der Waals surface area (Å²) >= 11 is 0. The highest BCUT2D eigenvalue weighted by atomic mass is 32.2. The Bertz CT molecular complexity index is 800. The molecule has 0 amide bonds. The number of hydroxylamine groups is 1. The summed E-state index contributed by atoms with van der Waals surface area (Å²) in [6, 6.07) is 1.79. The fraction of sp³-hybridized carbons (Fsp3) is 0.462. The molecule has 0 unspecified atom stereocenters. The molecule has 0 aliphatic carbocycles. The molecular weight excluding hydrogens is 348 g/mol. The van der Waals surface area contributed by atoms with E-state index in [0.29, 0.717) is 6.61 Å². The lowest BCUT2D eigenvalue weighted by atomic mass is 10.4. The maximum atomic E-state index is 12.2. The SMILES string of the molecule is CCCCON/C(=N\S(=O)(=O)c1ncn[nH]1)Nc1nc(C)cc(C)n1. The molecule has 136 valence electrons. The molecule has 2 aromatic rings. The Morgan fingerprint density at radius 3 is 2.64 bits per heavy atom. The lowest BCUT2D eigenvalue weighted by Gasteiger charge is -2.11. The Hall–Kier alpha value is -2.60. The zero-order valence-electron chi connectivity index (χ0n) is 14.1.